The van der Waals surface area contributed by atoms with Crippen molar-refractivity contribution in [3.05, 3.63) is 69.0 Å². The van der Waals surface area contributed by atoms with E-state index in [9.17, 15) is 9.59 Å². The number of rotatable bonds is 5. The molecule has 1 saturated heterocycles. The van der Waals surface area contributed by atoms with Crippen LogP contribution in [0.4, 0.5) is 10.5 Å². The van der Waals surface area contributed by atoms with Crippen LogP contribution in [-0.2, 0) is 17.8 Å². The van der Waals surface area contributed by atoms with Crippen LogP contribution in [0.3, 0.4) is 0 Å². The van der Waals surface area contributed by atoms with Crippen LogP contribution in [0.1, 0.15) is 58.6 Å². The Morgan fingerprint density at radius 2 is 1.75 bits per heavy atom. The molecule has 212 valence electrons. The van der Waals surface area contributed by atoms with Gasteiger partial charge in [0.15, 0.2) is 0 Å². The van der Waals surface area contributed by atoms with Crippen molar-refractivity contribution in [2.24, 2.45) is 5.41 Å². The number of thiazole rings is 1. The van der Waals surface area contributed by atoms with Gasteiger partial charge in [-0.2, -0.15) is 0 Å². The van der Waals surface area contributed by atoms with Gasteiger partial charge in [-0.15, -0.1) is 11.3 Å². The number of fused-ring (bicyclic) bond motifs is 3. The first-order valence-electron chi connectivity index (χ1n) is 14.2. The lowest BCUT2D eigenvalue weighted by Crippen LogP contribution is -2.49. The van der Waals surface area contributed by atoms with Crippen molar-refractivity contribution in [1.29, 1.82) is 0 Å². The van der Waals surface area contributed by atoms with Crippen molar-refractivity contribution in [3.63, 3.8) is 0 Å². The Bertz CT molecular complexity index is 1390. The second-order valence-corrected chi connectivity index (χ2v) is 13.4. The fourth-order valence-corrected chi connectivity index (χ4v) is 6.27. The highest BCUT2D eigenvalue weighted by atomic mass is 32.1. The molecule has 5 rings (SSSR count). The molecule has 0 bridgehead atoms. The van der Waals surface area contributed by atoms with Crippen LogP contribution in [0.25, 0.3) is 11.3 Å². The number of ether oxygens (including phenoxy) is 1. The molecule has 0 N–H and O–H groups in total. The van der Waals surface area contributed by atoms with Gasteiger partial charge in [-0.05, 0) is 61.6 Å². The number of carbonyl (C=O) groups is 2. The number of benzene rings is 2. The number of piperazine rings is 1. The van der Waals surface area contributed by atoms with E-state index in [-0.39, 0.29) is 18.6 Å². The summed E-state index contributed by atoms with van der Waals surface area (Å²) in [5.74, 6) is -0.0321. The third-order valence-electron chi connectivity index (χ3n) is 7.81. The zero-order valence-corrected chi connectivity index (χ0v) is 25.1. The summed E-state index contributed by atoms with van der Waals surface area (Å²) in [6, 6.07) is 13.7. The van der Waals surface area contributed by atoms with Gasteiger partial charge < -0.3 is 14.5 Å². The van der Waals surface area contributed by atoms with Crippen LogP contribution in [0.2, 0.25) is 0 Å². The summed E-state index contributed by atoms with van der Waals surface area (Å²) in [6.07, 6.45) is 1.65. The van der Waals surface area contributed by atoms with E-state index in [1.54, 1.807) is 16.2 Å². The van der Waals surface area contributed by atoms with Gasteiger partial charge >= 0.3 is 6.09 Å². The van der Waals surface area contributed by atoms with Crippen LogP contribution in [0.15, 0.2) is 42.5 Å². The second-order valence-electron chi connectivity index (χ2n) is 12.1. The highest BCUT2D eigenvalue weighted by molar-refractivity contribution is 7.12. The Morgan fingerprint density at radius 1 is 1.00 bits per heavy atom. The number of aryl methyl sites for hydroxylation is 2. The lowest BCUT2D eigenvalue weighted by atomic mass is 9.92. The van der Waals surface area contributed by atoms with E-state index in [0.29, 0.717) is 30.6 Å². The highest BCUT2D eigenvalue weighted by Crippen LogP contribution is 2.38. The quantitative estimate of drug-likeness (QED) is 0.365. The van der Waals surface area contributed by atoms with Crippen molar-refractivity contribution in [3.8, 4) is 11.3 Å². The molecule has 0 aliphatic carbocycles. The normalized spacial score (nSPS) is 15.8. The number of carbonyl (C=O) groups excluding carboxylic acids is 2. The molecule has 0 atom stereocenters. The zero-order chi connectivity index (χ0) is 28.4. The zero-order valence-electron chi connectivity index (χ0n) is 24.3. The summed E-state index contributed by atoms with van der Waals surface area (Å²) >= 11 is 1.71. The van der Waals surface area contributed by atoms with Crippen LogP contribution >= 0.6 is 11.3 Å². The summed E-state index contributed by atoms with van der Waals surface area (Å²) < 4.78 is 5.68. The Kier molecular flexibility index (Phi) is 8.29. The molecule has 3 aromatic rings. The minimum absolute atomic E-state index is 0.0321. The average Bonchev–Trinajstić information content (AvgIpc) is 3.24. The van der Waals surface area contributed by atoms with E-state index < -0.39 is 0 Å². The first-order chi connectivity index (χ1) is 19.1. The summed E-state index contributed by atoms with van der Waals surface area (Å²) in [5.41, 5.74) is 5.68. The molecule has 2 aromatic carbocycles. The number of amides is 2. The Morgan fingerprint density at radius 3 is 2.48 bits per heavy atom. The molecular formula is C32H40N4O3S. The van der Waals surface area contributed by atoms with E-state index in [1.807, 2.05) is 61.2 Å². The van der Waals surface area contributed by atoms with Gasteiger partial charge in [0.2, 0.25) is 0 Å². The van der Waals surface area contributed by atoms with E-state index in [4.69, 9.17) is 9.72 Å². The molecule has 7 nitrogen and oxygen atoms in total. The SMILES string of the molecule is Cc1nc2c(s1)CCN(C(=O)c1ccc(COC(=O)N3CCN(CCC(C)(C)C)CC3)c(C)c1)c1ccccc1-2. The molecular weight excluding hydrogens is 520 g/mol. The van der Waals surface area contributed by atoms with Gasteiger partial charge in [0.05, 0.1) is 16.4 Å². The highest BCUT2D eigenvalue weighted by Gasteiger charge is 2.28. The monoisotopic (exact) mass is 560 g/mol. The fraction of sp³-hybridized carbons (Fsp3) is 0.469. The molecule has 0 unspecified atom stereocenters. The maximum Gasteiger partial charge on any atom is 0.410 e. The van der Waals surface area contributed by atoms with Crippen LogP contribution in [0, 0.1) is 19.3 Å². The molecule has 3 heterocycles. The maximum absolute atomic E-state index is 13.7. The molecule has 40 heavy (non-hydrogen) atoms. The number of anilines is 1. The Balaban J connectivity index is 1.20. The molecule has 2 aliphatic rings. The lowest BCUT2D eigenvalue weighted by Gasteiger charge is -2.35. The third kappa shape index (κ3) is 6.39. The predicted octanol–water partition coefficient (Wildman–Crippen LogP) is 6.32. The summed E-state index contributed by atoms with van der Waals surface area (Å²) in [7, 11) is 0. The van der Waals surface area contributed by atoms with Gasteiger partial charge in [-0.3, -0.25) is 9.69 Å². The molecule has 1 aromatic heterocycles. The van der Waals surface area contributed by atoms with E-state index in [2.05, 4.69) is 25.7 Å². The Labute approximate surface area is 241 Å². The van der Waals surface area contributed by atoms with Gasteiger partial charge in [-0.25, -0.2) is 9.78 Å². The summed E-state index contributed by atoms with van der Waals surface area (Å²) in [6.45, 7) is 15.8. The first-order valence-corrected chi connectivity index (χ1v) is 15.0. The lowest BCUT2D eigenvalue weighted by molar-refractivity contribution is 0.0689. The van der Waals surface area contributed by atoms with Gasteiger partial charge in [0.1, 0.15) is 6.61 Å². The molecule has 0 spiro atoms. The second kappa shape index (κ2) is 11.7. The number of hydrogen-bond donors (Lipinski definition) is 0. The smallest absolute Gasteiger partial charge is 0.410 e. The molecule has 0 saturated carbocycles. The Hall–Kier alpha value is -3.23. The molecule has 1 fully saturated rings. The number of nitrogens with zero attached hydrogens (tertiary/aromatic N) is 4. The van der Waals surface area contributed by atoms with Gasteiger partial charge in [0.25, 0.3) is 5.91 Å². The largest absolute Gasteiger partial charge is 0.445 e. The third-order valence-corrected chi connectivity index (χ3v) is 8.84. The van der Waals surface area contributed by atoms with Crippen molar-refractivity contribution in [2.75, 3.05) is 44.2 Å². The average molecular weight is 561 g/mol. The number of aromatic nitrogens is 1. The molecule has 8 heteroatoms. The number of hydrogen-bond acceptors (Lipinski definition) is 6. The van der Waals surface area contributed by atoms with Gasteiger partial charge in [-0.1, -0.05) is 45.0 Å². The van der Waals surface area contributed by atoms with Crippen LogP contribution in [0.5, 0.6) is 0 Å². The predicted molar refractivity (Wildman–Crippen MR) is 161 cm³/mol. The topological polar surface area (TPSA) is 66.0 Å². The van der Waals surface area contributed by atoms with Crippen LogP contribution in [-0.4, -0.2) is 66.1 Å². The summed E-state index contributed by atoms with van der Waals surface area (Å²) in [4.78, 5) is 38.6. The van der Waals surface area contributed by atoms with Crippen molar-refractivity contribution < 1.29 is 14.3 Å². The molecule has 2 amide bonds. The maximum atomic E-state index is 13.7. The first kappa shape index (κ1) is 28.3. The summed E-state index contributed by atoms with van der Waals surface area (Å²) in [5, 5.41) is 1.05. The van der Waals surface area contributed by atoms with Crippen molar-refractivity contribution >= 4 is 29.0 Å². The minimum Gasteiger partial charge on any atom is -0.445 e. The number of para-hydroxylation sites is 1. The van der Waals surface area contributed by atoms with Crippen molar-refractivity contribution in [1.82, 2.24) is 14.8 Å². The van der Waals surface area contributed by atoms with E-state index in [1.165, 1.54) is 4.88 Å². The van der Waals surface area contributed by atoms with E-state index in [0.717, 1.165) is 65.6 Å². The standard InChI is InChI=1S/C32H40N4O3S/c1-22-20-24(30(37)36-14-12-28-29(33-23(2)40-28)26-8-6-7-9-27(26)36)10-11-25(22)21-39-31(38)35-18-16-34(17-19-35)15-13-32(3,4)5/h6-11,20H,12-19,21H2,1-5H3. The van der Waals surface area contributed by atoms with E-state index >= 15 is 0 Å². The van der Waals surface area contributed by atoms with Crippen LogP contribution < -0.4 is 4.90 Å². The molecule has 2 aliphatic heterocycles. The molecule has 0 radical (unpaired) electrons. The minimum atomic E-state index is -0.271. The fourth-order valence-electron chi connectivity index (χ4n) is 5.33. The van der Waals surface area contributed by atoms with Gasteiger partial charge in [0, 0.05) is 55.1 Å². The van der Waals surface area contributed by atoms with Crippen molar-refractivity contribution in [2.45, 2.75) is 54.1 Å².